The fourth-order valence-corrected chi connectivity index (χ4v) is 2.66. The Morgan fingerprint density at radius 2 is 2.25 bits per heavy atom. The van der Waals surface area contributed by atoms with Gasteiger partial charge in [0.15, 0.2) is 0 Å². The number of hydrogen-bond acceptors (Lipinski definition) is 2. The summed E-state index contributed by atoms with van der Waals surface area (Å²) in [6.07, 6.45) is 10.9. The zero-order chi connectivity index (χ0) is 11.4. The first-order valence-corrected chi connectivity index (χ1v) is 6.45. The van der Waals surface area contributed by atoms with Crippen LogP contribution in [0, 0.1) is 5.92 Å². The smallest absolute Gasteiger partial charge is 0.122 e. The van der Waals surface area contributed by atoms with Crippen LogP contribution < -0.4 is 5.32 Å². The highest BCUT2D eigenvalue weighted by Gasteiger charge is 2.17. The van der Waals surface area contributed by atoms with Gasteiger partial charge < -0.3 is 9.88 Å². The van der Waals surface area contributed by atoms with Crippen LogP contribution in [0.15, 0.2) is 12.4 Å². The van der Waals surface area contributed by atoms with Crippen LogP contribution in [0.3, 0.4) is 0 Å². The second kappa shape index (κ2) is 5.48. The third kappa shape index (κ3) is 3.08. The van der Waals surface area contributed by atoms with E-state index < -0.39 is 0 Å². The van der Waals surface area contributed by atoms with Crippen molar-refractivity contribution in [2.75, 3.05) is 0 Å². The molecule has 1 heterocycles. The number of aryl methyl sites for hydroxylation is 1. The van der Waals surface area contributed by atoms with Gasteiger partial charge in [0.05, 0.1) is 6.54 Å². The molecule has 1 saturated carbocycles. The number of aromatic nitrogens is 2. The maximum Gasteiger partial charge on any atom is 0.122 e. The van der Waals surface area contributed by atoms with Crippen molar-refractivity contribution in [3.05, 3.63) is 18.2 Å². The molecule has 1 atom stereocenters. The normalized spacial score (nSPS) is 19.1. The first-order chi connectivity index (χ1) is 7.75. The van der Waals surface area contributed by atoms with E-state index in [1.165, 1.54) is 32.1 Å². The zero-order valence-electron chi connectivity index (χ0n) is 10.4. The van der Waals surface area contributed by atoms with Crippen molar-refractivity contribution < 1.29 is 0 Å². The lowest BCUT2D eigenvalue weighted by Crippen LogP contribution is -2.28. The summed E-state index contributed by atoms with van der Waals surface area (Å²) >= 11 is 0. The molecule has 1 aromatic heterocycles. The summed E-state index contributed by atoms with van der Waals surface area (Å²) in [7, 11) is 2.05. The second-order valence-corrected chi connectivity index (χ2v) is 5.12. The van der Waals surface area contributed by atoms with Gasteiger partial charge in [-0.15, -0.1) is 0 Å². The van der Waals surface area contributed by atoms with Crippen molar-refractivity contribution in [2.24, 2.45) is 13.0 Å². The second-order valence-electron chi connectivity index (χ2n) is 5.12. The van der Waals surface area contributed by atoms with E-state index in [2.05, 4.69) is 21.8 Å². The van der Waals surface area contributed by atoms with Gasteiger partial charge >= 0.3 is 0 Å². The molecule has 0 amide bonds. The van der Waals surface area contributed by atoms with Gasteiger partial charge in [-0.05, 0) is 19.3 Å². The molecule has 90 valence electrons. The van der Waals surface area contributed by atoms with E-state index in [1.54, 1.807) is 0 Å². The van der Waals surface area contributed by atoms with Crippen molar-refractivity contribution in [1.29, 1.82) is 0 Å². The largest absolute Gasteiger partial charge is 0.337 e. The molecule has 16 heavy (non-hydrogen) atoms. The van der Waals surface area contributed by atoms with Crippen LogP contribution in [0.25, 0.3) is 0 Å². The highest BCUT2D eigenvalue weighted by atomic mass is 15.1. The predicted octanol–water partition coefficient (Wildman–Crippen LogP) is 2.48. The van der Waals surface area contributed by atoms with Crippen LogP contribution in [0.4, 0.5) is 0 Å². The Labute approximate surface area is 98.3 Å². The predicted molar refractivity (Wildman–Crippen MR) is 66.1 cm³/mol. The minimum Gasteiger partial charge on any atom is -0.337 e. The maximum atomic E-state index is 4.32. The van der Waals surface area contributed by atoms with Crippen molar-refractivity contribution in [3.63, 3.8) is 0 Å². The van der Waals surface area contributed by atoms with E-state index in [1.807, 2.05) is 19.4 Å². The standard InChI is InChI=1S/C13H23N3/c1-11(9-12-5-3-4-6-12)15-10-13-14-7-8-16(13)2/h7-8,11-12,15H,3-6,9-10H2,1-2H3. The number of imidazole rings is 1. The molecule has 1 N–H and O–H groups in total. The Balaban J connectivity index is 1.71. The monoisotopic (exact) mass is 221 g/mol. The molecule has 0 radical (unpaired) electrons. The topological polar surface area (TPSA) is 29.9 Å². The summed E-state index contributed by atoms with van der Waals surface area (Å²) in [5, 5.41) is 3.57. The molecule has 1 fully saturated rings. The van der Waals surface area contributed by atoms with Gasteiger partial charge in [0.2, 0.25) is 0 Å². The minimum absolute atomic E-state index is 0.611. The molecule has 1 aromatic rings. The molecule has 0 aromatic carbocycles. The summed E-state index contributed by atoms with van der Waals surface area (Å²) in [4.78, 5) is 4.32. The average Bonchev–Trinajstić information content (AvgIpc) is 2.87. The molecule has 1 aliphatic rings. The van der Waals surface area contributed by atoms with E-state index in [0.29, 0.717) is 6.04 Å². The van der Waals surface area contributed by atoms with Crippen LogP contribution in [0.5, 0.6) is 0 Å². The minimum atomic E-state index is 0.611. The Bertz CT molecular complexity index is 313. The summed E-state index contributed by atoms with van der Waals surface area (Å²) in [5.41, 5.74) is 0. The van der Waals surface area contributed by atoms with E-state index in [0.717, 1.165) is 18.3 Å². The molecular weight excluding hydrogens is 198 g/mol. The van der Waals surface area contributed by atoms with Crippen molar-refractivity contribution in [2.45, 2.75) is 51.6 Å². The Hall–Kier alpha value is -0.830. The fourth-order valence-electron chi connectivity index (χ4n) is 2.66. The number of hydrogen-bond donors (Lipinski definition) is 1. The highest BCUT2D eigenvalue weighted by Crippen LogP contribution is 2.28. The van der Waals surface area contributed by atoms with Gasteiger partial charge in [0.25, 0.3) is 0 Å². The van der Waals surface area contributed by atoms with Crippen LogP contribution in [-0.2, 0) is 13.6 Å². The number of nitrogens with zero attached hydrogens (tertiary/aromatic N) is 2. The number of rotatable bonds is 5. The molecule has 3 heteroatoms. The molecule has 0 spiro atoms. The molecule has 0 bridgehead atoms. The van der Waals surface area contributed by atoms with E-state index in [4.69, 9.17) is 0 Å². The quantitative estimate of drug-likeness (QED) is 0.828. The van der Waals surface area contributed by atoms with E-state index in [9.17, 15) is 0 Å². The van der Waals surface area contributed by atoms with Crippen LogP contribution in [0.2, 0.25) is 0 Å². The molecule has 1 aliphatic carbocycles. The Morgan fingerprint density at radius 3 is 2.88 bits per heavy atom. The van der Waals surface area contributed by atoms with Crippen LogP contribution in [0.1, 0.15) is 44.9 Å². The zero-order valence-corrected chi connectivity index (χ0v) is 10.4. The van der Waals surface area contributed by atoms with Crippen molar-refractivity contribution in [1.82, 2.24) is 14.9 Å². The van der Waals surface area contributed by atoms with Gasteiger partial charge in [-0.2, -0.15) is 0 Å². The molecular formula is C13H23N3. The SMILES string of the molecule is CC(CC1CCCC1)NCc1nccn1C. The van der Waals surface area contributed by atoms with Gasteiger partial charge in [-0.3, -0.25) is 0 Å². The molecule has 0 saturated heterocycles. The summed E-state index contributed by atoms with van der Waals surface area (Å²) < 4.78 is 2.08. The first kappa shape index (κ1) is 11.6. The van der Waals surface area contributed by atoms with Gasteiger partial charge in [0.1, 0.15) is 5.82 Å². The van der Waals surface area contributed by atoms with Crippen LogP contribution in [-0.4, -0.2) is 15.6 Å². The third-order valence-corrected chi connectivity index (χ3v) is 3.69. The molecule has 0 aliphatic heterocycles. The van der Waals surface area contributed by atoms with E-state index in [-0.39, 0.29) is 0 Å². The van der Waals surface area contributed by atoms with Crippen molar-refractivity contribution >= 4 is 0 Å². The lowest BCUT2D eigenvalue weighted by Gasteiger charge is -2.17. The number of nitrogens with one attached hydrogen (secondary N) is 1. The highest BCUT2D eigenvalue weighted by molar-refractivity contribution is 4.90. The Kier molecular flexibility index (Phi) is 3.99. The van der Waals surface area contributed by atoms with Crippen LogP contribution >= 0.6 is 0 Å². The molecule has 3 nitrogen and oxygen atoms in total. The maximum absolute atomic E-state index is 4.32. The first-order valence-electron chi connectivity index (χ1n) is 6.45. The third-order valence-electron chi connectivity index (χ3n) is 3.69. The van der Waals surface area contributed by atoms with Gasteiger partial charge in [-0.1, -0.05) is 25.7 Å². The fraction of sp³-hybridized carbons (Fsp3) is 0.769. The van der Waals surface area contributed by atoms with Crippen molar-refractivity contribution in [3.8, 4) is 0 Å². The Morgan fingerprint density at radius 1 is 1.50 bits per heavy atom. The summed E-state index contributed by atoms with van der Waals surface area (Å²) in [5.74, 6) is 2.09. The lowest BCUT2D eigenvalue weighted by atomic mass is 9.99. The molecule has 1 unspecified atom stereocenters. The summed E-state index contributed by atoms with van der Waals surface area (Å²) in [6.45, 7) is 3.18. The molecule has 2 rings (SSSR count). The average molecular weight is 221 g/mol. The van der Waals surface area contributed by atoms with Gasteiger partial charge in [0, 0.05) is 25.5 Å². The van der Waals surface area contributed by atoms with Gasteiger partial charge in [-0.25, -0.2) is 4.98 Å². The van der Waals surface area contributed by atoms with E-state index >= 15 is 0 Å². The summed E-state index contributed by atoms with van der Waals surface area (Å²) in [6, 6.07) is 0.611. The lowest BCUT2D eigenvalue weighted by molar-refractivity contribution is 0.400.